The first-order chi connectivity index (χ1) is 7.31. The zero-order valence-electron chi connectivity index (χ0n) is 8.96. The number of hydrogen-bond donors (Lipinski definition) is 1. The van der Waals surface area contributed by atoms with Crippen LogP contribution >= 0.6 is 11.8 Å². The van der Waals surface area contributed by atoms with Crippen molar-refractivity contribution in [3.05, 3.63) is 0 Å². The van der Waals surface area contributed by atoms with E-state index in [2.05, 4.69) is 22.4 Å². The third kappa shape index (κ3) is 2.49. The lowest BCUT2D eigenvalue weighted by atomic mass is 10.3. The minimum atomic E-state index is 0.371. The lowest BCUT2D eigenvalue weighted by Gasteiger charge is -2.12. The van der Waals surface area contributed by atoms with Crippen LogP contribution in [0.4, 0.5) is 0 Å². The van der Waals surface area contributed by atoms with E-state index in [0.717, 1.165) is 5.16 Å². The molecular formula is C9H17N5S. The molecule has 0 spiro atoms. The molecule has 6 heteroatoms. The van der Waals surface area contributed by atoms with Gasteiger partial charge < -0.3 is 5.73 Å². The average Bonchev–Trinajstić information content (AvgIpc) is 2.86. The van der Waals surface area contributed by atoms with Gasteiger partial charge in [-0.05, 0) is 23.3 Å². The summed E-state index contributed by atoms with van der Waals surface area (Å²) in [5.74, 6) is 0. The van der Waals surface area contributed by atoms with Gasteiger partial charge in [-0.1, -0.05) is 31.5 Å². The van der Waals surface area contributed by atoms with E-state index in [1.54, 1.807) is 11.8 Å². The van der Waals surface area contributed by atoms with Gasteiger partial charge in [-0.15, -0.1) is 5.10 Å². The normalized spacial score (nSPS) is 19.6. The molecule has 1 aliphatic rings. The summed E-state index contributed by atoms with van der Waals surface area (Å²) in [4.78, 5) is 0. The molecule has 1 atom stereocenters. The van der Waals surface area contributed by atoms with Crippen LogP contribution in [0.3, 0.4) is 0 Å². The van der Waals surface area contributed by atoms with E-state index in [0.29, 0.717) is 17.8 Å². The Labute approximate surface area is 93.8 Å². The molecule has 2 N–H and O–H groups in total. The van der Waals surface area contributed by atoms with Crippen molar-refractivity contribution in [2.45, 2.75) is 49.1 Å². The Kier molecular flexibility index (Phi) is 3.58. The van der Waals surface area contributed by atoms with Crippen molar-refractivity contribution in [2.75, 3.05) is 6.54 Å². The predicted octanol–water partition coefficient (Wildman–Crippen LogP) is 1.23. The fraction of sp³-hybridized carbons (Fsp3) is 0.889. The van der Waals surface area contributed by atoms with Crippen LogP contribution in [0.5, 0.6) is 0 Å². The zero-order chi connectivity index (χ0) is 10.7. The molecule has 84 valence electrons. The summed E-state index contributed by atoms with van der Waals surface area (Å²) in [6.07, 6.45) is 4.99. The van der Waals surface area contributed by atoms with Crippen LogP contribution in [0.25, 0.3) is 0 Å². The highest BCUT2D eigenvalue weighted by molar-refractivity contribution is 7.99. The van der Waals surface area contributed by atoms with Crippen molar-refractivity contribution in [1.82, 2.24) is 20.2 Å². The summed E-state index contributed by atoms with van der Waals surface area (Å²) in [7, 11) is 0. The second kappa shape index (κ2) is 4.94. The molecule has 0 bridgehead atoms. The fourth-order valence-electron chi connectivity index (χ4n) is 1.87. The van der Waals surface area contributed by atoms with Gasteiger partial charge in [-0.25, -0.2) is 4.68 Å². The van der Waals surface area contributed by atoms with E-state index in [4.69, 9.17) is 5.73 Å². The Morgan fingerprint density at radius 1 is 1.53 bits per heavy atom. The molecule has 0 amide bonds. The van der Waals surface area contributed by atoms with Gasteiger partial charge in [0.05, 0.1) is 6.04 Å². The molecule has 15 heavy (non-hydrogen) atoms. The Morgan fingerprint density at radius 3 is 2.93 bits per heavy atom. The van der Waals surface area contributed by atoms with E-state index in [1.807, 2.05) is 4.68 Å². The molecule has 1 heterocycles. The van der Waals surface area contributed by atoms with Gasteiger partial charge in [0, 0.05) is 11.8 Å². The number of nitrogens with two attached hydrogens (primary N) is 1. The largest absolute Gasteiger partial charge is 0.329 e. The highest BCUT2D eigenvalue weighted by Crippen LogP contribution is 2.32. The van der Waals surface area contributed by atoms with Crippen LogP contribution in [0.2, 0.25) is 0 Å². The number of nitrogens with zero attached hydrogens (tertiary/aromatic N) is 4. The average molecular weight is 227 g/mol. The topological polar surface area (TPSA) is 69.6 Å². The molecule has 5 nitrogen and oxygen atoms in total. The smallest absolute Gasteiger partial charge is 0.209 e. The van der Waals surface area contributed by atoms with Crippen LogP contribution in [-0.2, 0) is 0 Å². The Bertz CT molecular complexity index is 307. The molecule has 1 aromatic rings. The zero-order valence-corrected chi connectivity index (χ0v) is 9.78. The molecule has 1 saturated carbocycles. The summed E-state index contributed by atoms with van der Waals surface area (Å²) >= 11 is 1.67. The summed E-state index contributed by atoms with van der Waals surface area (Å²) in [6, 6.07) is 0.507. The maximum absolute atomic E-state index is 5.59. The van der Waals surface area contributed by atoms with Crippen LogP contribution in [-0.4, -0.2) is 32.0 Å². The lowest BCUT2D eigenvalue weighted by molar-refractivity contribution is 0.422. The standard InChI is InChI=1S/C9H17N5S/c1-7(6-10)15-9-11-12-13-14(9)8-4-2-3-5-8/h7-8H,2-6,10H2,1H3. The molecule has 1 fully saturated rings. The van der Waals surface area contributed by atoms with E-state index < -0.39 is 0 Å². The maximum Gasteiger partial charge on any atom is 0.209 e. The molecule has 1 unspecified atom stereocenters. The molecule has 0 radical (unpaired) electrons. The third-order valence-corrected chi connectivity index (χ3v) is 3.85. The maximum atomic E-state index is 5.59. The van der Waals surface area contributed by atoms with Gasteiger partial charge in [-0.3, -0.25) is 0 Å². The molecule has 1 aliphatic carbocycles. The Morgan fingerprint density at radius 2 is 2.27 bits per heavy atom. The van der Waals surface area contributed by atoms with Gasteiger partial charge in [0.25, 0.3) is 0 Å². The fourth-order valence-corrected chi connectivity index (χ4v) is 2.70. The molecule has 1 aromatic heterocycles. The lowest BCUT2D eigenvalue weighted by Crippen LogP contribution is -2.15. The van der Waals surface area contributed by atoms with E-state index >= 15 is 0 Å². The highest BCUT2D eigenvalue weighted by Gasteiger charge is 2.22. The van der Waals surface area contributed by atoms with Gasteiger partial charge >= 0.3 is 0 Å². The molecule has 0 aromatic carbocycles. The quantitative estimate of drug-likeness (QED) is 0.783. The van der Waals surface area contributed by atoms with Gasteiger partial charge in [0.15, 0.2) is 0 Å². The minimum Gasteiger partial charge on any atom is -0.329 e. The van der Waals surface area contributed by atoms with Crippen molar-refractivity contribution in [1.29, 1.82) is 0 Å². The Hall–Kier alpha value is -0.620. The Balaban J connectivity index is 2.07. The van der Waals surface area contributed by atoms with E-state index in [1.165, 1.54) is 25.7 Å². The summed E-state index contributed by atoms with van der Waals surface area (Å²) in [6.45, 7) is 2.75. The second-order valence-electron chi connectivity index (χ2n) is 4.01. The van der Waals surface area contributed by atoms with Crippen molar-refractivity contribution in [3.63, 3.8) is 0 Å². The molecule has 0 saturated heterocycles. The van der Waals surface area contributed by atoms with Crippen molar-refractivity contribution >= 4 is 11.8 Å². The van der Waals surface area contributed by atoms with Crippen LogP contribution < -0.4 is 5.73 Å². The van der Waals surface area contributed by atoms with Gasteiger partial charge in [-0.2, -0.15) is 0 Å². The first-order valence-electron chi connectivity index (χ1n) is 5.46. The number of rotatable bonds is 4. The number of thioether (sulfide) groups is 1. The first-order valence-corrected chi connectivity index (χ1v) is 6.34. The number of tetrazole rings is 1. The minimum absolute atomic E-state index is 0.371. The molecule has 0 aliphatic heterocycles. The van der Waals surface area contributed by atoms with Crippen molar-refractivity contribution < 1.29 is 0 Å². The van der Waals surface area contributed by atoms with Crippen LogP contribution in [0.1, 0.15) is 38.6 Å². The number of hydrogen-bond acceptors (Lipinski definition) is 5. The number of aromatic nitrogens is 4. The summed E-state index contributed by atoms with van der Waals surface area (Å²) in [5, 5.41) is 13.2. The van der Waals surface area contributed by atoms with Crippen molar-refractivity contribution in [3.8, 4) is 0 Å². The second-order valence-corrected chi connectivity index (χ2v) is 5.41. The van der Waals surface area contributed by atoms with E-state index in [9.17, 15) is 0 Å². The monoisotopic (exact) mass is 227 g/mol. The van der Waals surface area contributed by atoms with E-state index in [-0.39, 0.29) is 0 Å². The van der Waals surface area contributed by atoms with Gasteiger partial charge in [0.2, 0.25) is 5.16 Å². The molecule has 2 rings (SSSR count). The predicted molar refractivity (Wildman–Crippen MR) is 59.7 cm³/mol. The summed E-state index contributed by atoms with van der Waals surface area (Å²) < 4.78 is 1.98. The molecular weight excluding hydrogens is 210 g/mol. The van der Waals surface area contributed by atoms with Gasteiger partial charge in [0.1, 0.15) is 0 Å². The highest BCUT2D eigenvalue weighted by atomic mass is 32.2. The van der Waals surface area contributed by atoms with Crippen LogP contribution in [0, 0.1) is 0 Å². The third-order valence-electron chi connectivity index (χ3n) is 2.77. The first kappa shape index (κ1) is 10.9. The van der Waals surface area contributed by atoms with Crippen LogP contribution in [0.15, 0.2) is 5.16 Å². The SMILES string of the molecule is CC(CN)Sc1nnnn1C1CCCC1. The summed E-state index contributed by atoms with van der Waals surface area (Å²) in [5.41, 5.74) is 5.59. The van der Waals surface area contributed by atoms with Crippen molar-refractivity contribution in [2.24, 2.45) is 5.73 Å².